The summed E-state index contributed by atoms with van der Waals surface area (Å²) in [6.07, 6.45) is -4.52. The molecule has 0 saturated carbocycles. The lowest BCUT2D eigenvalue weighted by atomic mass is 10.0. The second kappa shape index (κ2) is 9.07. The van der Waals surface area contributed by atoms with Crippen molar-refractivity contribution in [2.24, 2.45) is 0 Å². The minimum absolute atomic E-state index is 0.0144. The number of benzene rings is 3. The largest absolute Gasteiger partial charge is 0.461 e. The van der Waals surface area contributed by atoms with Crippen LogP contribution in [0, 0.1) is 0 Å². The van der Waals surface area contributed by atoms with E-state index in [1.54, 1.807) is 31.2 Å². The number of ether oxygens (including phenoxy) is 1. The highest BCUT2D eigenvalue weighted by Crippen LogP contribution is 2.31. The molecule has 1 unspecified atom stereocenters. The third kappa shape index (κ3) is 4.90. The minimum Gasteiger partial charge on any atom is -0.461 e. The van der Waals surface area contributed by atoms with Crippen molar-refractivity contribution in [1.29, 1.82) is 0 Å². The van der Waals surface area contributed by atoms with Gasteiger partial charge in [-0.25, -0.2) is 9.00 Å². The van der Waals surface area contributed by atoms with Crippen LogP contribution in [0.2, 0.25) is 0 Å². The Hall–Kier alpha value is -3.66. The topological polar surface area (TPSA) is 84.1 Å². The fraction of sp³-hybridized carbons (Fsp3) is 0.130. The molecule has 0 spiro atoms. The molecule has 10 heteroatoms. The number of esters is 1. The van der Waals surface area contributed by atoms with Crippen LogP contribution >= 0.6 is 0 Å². The van der Waals surface area contributed by atoms with Gasteiger partial charge in [0.25, 0.3) is 0 Å². The van der Waals surface area contributed by atoms with E-state index in [9.17, 15) is 22.2 Å². The van der Waals surface area contributed by atoms with E-state index in [1.807, 2.05) is 18.2 Å². The summed E-state index contributed by atoms with van der Waals surface area (Å²) in [6.45, 7) is 1.96. The molecule has 3 aromatic carbocycles. The quantitative estimate of drug-likeness (QED) is 0.359. The summed E-state index contributed by atoms with van der Waals surface area (Å²) in [6, 6.07) is 16.7. The number of fused-ring (bicyclic) bond motifs is 1. The summed E-state index contributed by atoms with van der Waals surface area (Å²) in [5.41, 5.74) is 2.02. The maximum Gasteiger partial charge on any atom is 0.416 e. The summed E-state index contributed by atoms with van der Waals surface area (Å²) >= 11 is 0. The Balaban J connectivity index is 1.57. The Morgan fingerprint density at radius 3 is 2.58 bits per heavy atom. The summed E-state index contributed by atoms with van der Waals surface area (Å²) in [5.74, 6) is -0.514. The van der Waals surface area contributed by atoms with Crippen LogP contribution in [0.1, 0.15) is 23.0 Å². The van der Waals surface area contributed by atoms with E-state index in [2.05, 4.69) is 14.9 Å². The number of nitrogens with one attached hydrogen (secondary N) is 2. The molecule has 0 amide bonds. The van der Waals surface area contributed by atoms with Crippen LogP contribution in [0.25, 0.3) is 22.0 Å². The van der Waals surface area contributed by atoms with E-state index >= 15 is 0 Å². The van der Waals surface area contributed by atoms with E-state index in [4.69, 9.17) is 4.74 Å². The van der Waals surface area contributed by atoms with Crippen molar-refractivity contribution in [1.82, 2.24) is 10.2 Å². The highest BCUT2D eigenvalue weighted by Gasteiger charge is 2.30. The number of anilines is 1. The van der Waals surface area contributed by atoms with Gasteiger partial charge in [-0.1, -0.05) is 24.3 Å². The lowest BCUT2D eigenvalue weighted by Crippen LogP contribution is -2.09. The average molecular weight is 473 g/mol. The van der Waals surface area contributed by atoms with Gasteiger partial charge >= 0.3 is 12.1 Å². The van der Waals surface area contributed by atoms with E-state index < -0.39 is 28.7 Å². The Bertz CT molecular complexity index is 1350. The third-order valence-electron chi connectivity index (χ3n) is 4.81. The number of nitrogens with zero attached hydrogens (tertiary/aromatic N) is 1. The fourth-order valence-electron chi connectivity index (χ4n) is 3.27. The molecule has 170 valence electrons. The first kappa shape index (κ1) is 22.5. The number of carbonyl (C=O) groups excluding carboxylic acids is 1. The SMILES string of the molecule is CCOC(=O)c1n[nH]c2cc(-c3cccc(NS(=O)c4cccc(C(F)(F)F)c4)c3)ccc12. The second-order valence-corrected chi connectivity index (χ2v) is 8.24. The van der Waals surface area contributed by atoms with Crippen LogP contribution in [-0.2, 0) is 21.9 Å². The number of halogens is 3. The molecule has 0 saturated heterocycles. The molecule has 4 aromatic rings. The van der Waals surface area contributed by atoms with Gasteiger partial charge in [-0.05, 0) is 60.5 Å². The fourth-order valence-corrected chi connectivity index (χ4v) is 4.17. The predicted octanol–water partition coefficient (Wildman–Crippen LogP) is 5.56. The number of carbonyl (C=O) groups is 1. The molecule has 1 heterocycles. The zero-order valence-electron chi connectivity index (χ0n) is 17.3. The molecule has 0 fully saturated rings. The molecule has 0 aliphatic rings. The van der Waals surface area contributed by atoms with Gasteiger partial charge in [-0.15, -0.1) is 0 Å². The molecule has 0 bridgehead atoms. The number of alkyl halides is 3. The second-order valence-electron chi connectivity index (χ2n) is 7.03. The number of H-pyrrole nitrogens is 1. The number of hydrogen-bond donors (Lipinski definition) is 2. The standard InChI is InChI=1S/C23H18F3N3O3S/c1-2-32-22(30)21-19-10-9-15(12-20(19)27-28-21)14-5-3-7-17(11-14)29-33(31)18-8-4-6-16(13-18)23(24,25)26/h3-13,29H,2H2,1H3,(H,27,28). The third-order valence-corrected chi connectivity index (χ3v) is 5.92. The lowest BCUT2D eigenvalue weighted by molar-refractivity contribution is -0.137. The minimum atomic E-state index is -4.52. The van der Waals surface area contributed by atoms with Crippen LogP contribution in [0.3, 0.4) is 0 Å². The first-order valence-electron chi connectivity index (χ1n) is 9.87. The van der Waals surface area contributed by atoms with Gasteiger partial charge in [0, 0.05) is 11.1 Å². The summed E-state index contributed by atoms with van der Waals surface area (Å²) in [4.78, 5) is 12.0. The Morgan fingerprint density at radius 1 is 1.06 bits per heavy atom. The summed E-state index contributed by atoms with van der Waals surface area (Å²) in [5, 5.41) is 7.47. The van der Waals surface area contributed by atoms with Crippen molar-refractivity contribution in [3.05, 3.63) is 78.0 Å². The number of aromatic nitrogens is 2. The molecule has 0 aliphatic carbocycles. The Morgan fingerprint density at radius 2 is 1.82 bits per heavy atom. The average Bonchev–Trinajstić information content (AvgIpc) is 3.22. The molecular weight excluding hydrogens is 455 g/mol. The molecule has 0 radical (unpaired) electrons. The van der Waals surface area contributed by atoms with Gasteiger partial charge in [0.2, 0.25) is 0 Å². The van der Waals surface area contributed by atoms with Crippen molar-refractivity contribution in [2.75, 3.05) is 11.3 Å². The van der Waals surface area contributed by atoms with Crippen molar-refractivity contribution in [3.8, 4) is 11.1 Å². The van der Waals surface area contributed by atoms with Gasteiger partial charge in [0.05, 0.1) is 22.6 Å². The van der Waals surface area contributed by atoms with E-state index in [1.165, 1.54) is 12.1 Å². The first-order valence-corrected chi connectivity index (χ1v) is 11.0. The van der Waals surface area contributed by atoms with Gasteiger partial charge in [-0.2, -0.15) is 18.3 Å². The number of rotatable bonds is 6. The lowest BCUT2D eigenvalue weighted by Gasteiger charge is -2.11. The summed E-state index contributed by atoms with van der Waals surface area (Å²) in [7, 11) is -1.89. The molecule has 4 rings (SSSR count). The monoisotopic (exact) mass is 473 g/mol. The van der Waals surface area contributed by atoms with Crippen molar-refractivity contribution in [2.45, 2.75) is 18.0 Å². The van der Waals surface area contributed by atoms with Gasteiger partial charge in [0.1, 0.15) is 11.0 Å². The maximum absolute atomic E-state index is 12.9. The normalized spacial score (nSPS) is 12.5. The maximum atomic E-state index is 12.9. The molecular formula is C23H18F3N3O3S. The van der Waals surface area contributed by atoms with Crippen LogP contribution < -0.4 is 4.72 Å². The molecule has 1 atom stereocenters. The molecule has 0 aliphatic heterocycles. The zero-order valence-corrected chi connectivity index (χ0v) is 18.1. The highest BCUT2D eigenvalue weighted by molar-refractivity contribution is 7.86. The van der Waals surface area contributed by atoms with Crippen LogP contribution in [-0.4, -0.2) is 27.0 Å². The summed E-state index contributed by atoms with van der Waals surface area (Å²) < 4.78 is 59.2. The molecule has 6 nitrogen and oxygen atoms in total. The molecule has 1 aromatic heterocycles. The van der Waals surface area contributed by atoms with Crippen molar-refractivity contribution >= 4 is 33.5 Å². The van der Waals surface area contributed by atoms with E-state index in [0.29, 0.717) is 16.6 Å². The number of hydrogen-bond acceptors (Lipinski definition) is 4. The predicted molar refractivity (Wildman–Crippen MR) is 119 cm³/mol. The van der Waals surface area contributed by atoms with Gasteiger partial charge < -0.3 is 9.46 Å². The van der Waals surface area contributed by atoms with E-state index in [-0.39, 0.29) is 17.2 Å². The first-order chi connectivity index (χ1) is 15.8. The number of aromatic amines is 1. The Labute approximate surface area is 189 Å². The van der Waals surface area contributed by atoms with Gasteiger partial charge in [0.15, 0.2) is 5.69 Å². The van der Waals surface area contributed by atoms with Crippen molar-refractivity contribution < 1.29 is 26.9 Å². The zero-order chi connectivity index (χ0) is 23.6. The Kier molecular flexibility index (Phi) is 6.19. The van der Waals surface area contributed by atoms with Crippen molar-refractivity contribution in [3.63, 3.8) is 0 Å². The highest BCUT2D eigenvalue weighted by atomic mass is 32.2. The van der Waals surface area contributed by atoms with Gasteiger partial charge in [-0.3, -0.25) is 5.10 Å². The van der Waals surface area contributed by atoms with E-state index in [0.717, 1.165) is 23.3 Å². The smallest absolute Gasteiger partial charge is 0.416 e. The van der Waals surface area contributed by atoms with Crippen LogP contribution in [0.15, 0.2) is 71.6 Å². The van der Waals surface area contributed by atoms with Crippen LogP contribution in [0.4, 0.5) is 18.9 Å². The molecule has 33 heavy (non-hydrogen) atoms. The van der Waals surface area contributed by atoms with Crippen LogP contribution in [0.5, 0.6) is 0 Å². The molecule has 2 N–H and O–H groups in total.